The summed E-state index contributed by atoms with van der Waals surface area (Å²) in [4.78, 5) is 21.5. The van der Waals surface area contributed by atoms with Crippen LogP contribution in [0.1, 0.15) is 24.4 Å². The van der Waals surface area contributed by atoms with Crippen LogP contribution in [-0.4, -0.2) is 39.7 Å². The third-order valence-electron chi connectivity index (χ3n) is 4.75. The van der Waals surface area contributed by atoms with Crippen LogP contribution in [0, 0.1) is 17.0 Å². The van der Waals surface area contributed by atoms with Crippen LogP contribution in [-0.2, 0) is 17.4 Å². The van der Waals surface area contributed by atoms with Crippen molar-refractivity contribution in [1.29, 1.82) is 0 Å². The van der Waals surface area contributed by atoms with Crippen molar-refractivity contribution in [2.75, 3.05) is 25.1 Å². The Hall–Kier alpha value is -2.48. The standard InChI is InChI=1S/C16H21N5O3/c1-12-13(21(22)23)4-5-14(18-12)20-9-6-16(24-3,7-10-20)15-17-8-11-19(15)2/h4-5,8,11H,6-7,9-10H2,1-3H3. The molecule has 0 saturated carbocycles. The number of nitrogens with zero attached hydrogens (tertiary/aromatic N) is 5. The molecule has 2 aromatic rings. The zero-order valence-electron chi connectivity index (χ0n) is 14.1. The van der Waals surface area contributed by atoms with Gasteiger partial charge in [0.2, 0.25) is 0 Å². The molecule has 0 radical (unpaired) electrons. The Bertz CT molecular complexity index is 750. The van der Waals surface area contributed by atoms with Crippen LogP contribution in [0.5, 0.6) is 0 Å². The van der Waals surface area contributed by atoms with Crippen LogP contribution in [0.2, 0.25) is 0 Å². The van der Waals surface area contributed by atoms with Gasteiger partial charge in [-0.05, 0) is 13.0 Å². The van der Waals surface area contributed by atoms with Gasteiger partial charge in [0.05, 0.1) is 4.92 Å². The van der Waals surface area contributed by atoms with Crippen LogP contribution < -0.4 is 4.90 Å². The number of piperidine rings is 1. The summed E-state index contributed by atoms with van der Waals surface area (Å²) in [5, 5.41) is 10.9. The molecule has 1 saturated heterocycles. The van der Waals surface area contributed by atoms with Crippen molar-refractivity contribution in [3.63, 3.8) is 0 Å². The molecule has 24 heavy (non-hydrogen) atoms. The molecule has 3 rings (SSSR count). The maximum Gasteiger partial charge on any atom is 0.290 e. The predicted molar refractivity (Wildman–Crippen MR) is 89.0 cm³/mol. The van der Waals surface area contributed by atoms with Crippen molar-refractivity contribution < 1.29 is 9.66 Å². The number of pyridine rings is 1. The van der Waals surface area contributed by atoms with Crippen molar-refractivity contribution in [2.24, 2.45) is 7.05 Å². The lowest BCUT2D eigenvalue weighted by molar-refractivity contribution is -0.385. The van der Waals surface area contributed by atoms with Gasteiger partial charge in [0.1, 0.15) is 22.9 Å². The van der Waals surface area contributed by atoms with E-state index < -0.39 is 10.5 Å². The van der Waals surface area contributed by atoms with Crippen LogP contribution in [0.15, 0.2) is 24.5 Å². The number of anilines is 1. The molecule has 1 aliphatic rings. The van der Waals surface area contributed by atoms with Gasteiger partial charge in [0, 0.05) is 58.5 Å². The zero-order valence-corrected chi connectivity index (χ0v) is 14.1. The van der Waals surface area contributed by atoms with E-state index in [1.807, 2.05) is 17.8 Å². The number of aryl methyl sites for hydroxylation is 2. The Morgan fingerprint density at radius 2 is 2.04 bits per heavy atom. The van der Waals surface area contributed by atoms with Gasteiger partial charge >= 0.3 is 0 Å². The minimum atomic E-state index is -0.403. The molecule has 0 spiro atoms. The van der Waals surface area contributed by atoms with Crippen LogP contribution in [0.3, 0.4) is 0 Å². The molecule has 0 unspecified atom stereocenters. The third-order valence-corrected chi connectivity index (χ3v) is 4.75. The summed E-state index contributed by atoms with van der Waals surface area (Å²) in [6.07, 6.45) is 5.27. The summed E-state index contributed by atoms with van der Waals surface area (Å²) in [6, 6.07) is 3.24. The van der Waals surface area contributed by atoms with E-state index in [1.165, 1.54) is 6.07 Å². The first-order chi connectivity index (χ1) is 11.5. The van der Waals surface area contributed by atoms with Crippen molar-refractivity contribution in [1.82, 2.24) is 14.5 Å². The van der Waals surface area contributed by atoms with Gasteiger partial charge in [-0.3, -0.25) is 10.1 Å². The van der Waals surface area contributed by atoms with Gasteiger partial charge in [-0.15, -0.1) is 0 Å². The average Bonchev–Trinajstić information content (AvgIpc) is 3.01. The van der Waals surface area contributed by atoms with E-state index in [4.69, 9.17) is 4.74 Å². The van der Waals surface area contributed by atoms with Crippen molar-refractivity contribution in [3.8, 4) is 0 Å². The van der Waals surface area contributed by atoms with Crippen molar-refractivity contribution in [2.45, 2.75) is 25.4 Å². The topological polar surface area (TPSA) is 86.3 Å². The van der Waals surface area contributed by atoms with Crippen molar-refractivity contribution in [3.05, 3.63) is 46.2 Å². The molecule has 8 heteroatoms. The Labute approximate surface area is 140 Å². The minimum Gasteiger partial charge on any atom is -0.370 e. The molecule has 2 aromatic heterocycles. The summed E-state index contributed by atoms with van der Waals surface area (Å²) < 4.78 is 7.84. The first-order valence-corrected chi connectivity index (χ1v) is 7.87. The fourth-order valence-corrected chi connectivity index (χ4v) is 3.33. The van der Waals surface area contributed by atoms with Crippen molar-refractivity contribution >= 4 is 11.5 Å². The van der Waals surface area contributed by atoms with E-state index in [0.717, 1.165) is 37.6 Å². The number of hydrogen-bond donors (Lipinski definition) is 0. The monoisotopic (exact) mass is 331 g/mol. The summed E-state index contributed by atoms with van der Waals surface area (Å²) in [5.41, 5.74) is 0.0880. The van der Waals surface area contributed by atoms with E-state index in [1.54, 1.807) is 26.3 Å². The SMILES string of the molecule is COC1(c2nccn2C)CCN(c2ccc([N+](=O)[O-])c(C)n2)CC1. The average molecular weight is 331 g/mol. The first-order valence-electron chi connectivity index (χ1n) is 7.87. The number of rotatable bonds is 4. The number of aromatic nitrogens is 3. The van der Waals surface area contributed by atoms with Gasteiger partial charge < -0.3 is 14.2 Å². The largest absolute Gasteiger partial charge is 0.370 e. The molecule has 0 N–H and O–H groups in total. The van der Waals surface area contributed by atoms with E-state index in [2.05, 4.69) is 14.9 Å². The Balaban J connectivity index is 1.78. The number of imidazole rings is 1. The number of hydrogen-bond acceptors (Lipinski definition) is 6. The summed E-state index contributed by atoms with van der Waals surface area (Å²) in [7, 11) is 3.69. The van der Waals surface area contributed by atoms with Gasteiger partial charge in [0.25, 0.3) is 5.69 Å². The second-order valence-electron chi connectivity index (χ2n) is 6.08. The highest BCUT2D eigenvalue weighted by atomic mass is 16.6. The molecule has 3 heterocycles. The zero-order chi connectivity index (χ0) is 17.3. The fraction of sp³-hybridized carbons (Fsp3) is 0.500. The smallest absolute Gasteiger partial charge is 0.290 e. The van der Waals surface area contributed by atoms with Gasteiger partial charge in [-0.1, -0.05) is 0 Å². The molecule has 0 amide bonds. The predicted octanol–water partition coefficient (Wildman–Crippen LogP) is 2.17. The Morgan fingerprint density at radius 3 is 2.54 bits per heavy atom. The normalized spacial score (nSPS) is 17.0. The maximum absolute atomic E-state index is 10.9. The first kappa shape index (κ1) is 16.4. The third kappa shape index (κ3) is 2.73. The Kier molecular flexibility index (Phi) is 4.23. The molecular formula is C16H21N5O3. The highest BCUT2D eigenvalue weighted by Crippen LogP contribution is 2.36. The van der Waals surface area contributed by atoms with E-state index in [0.29, 0.717) is 5.69 Å². The van der Waals surface area contributed by atoms with Gasteiger partial charge in [-0.25, -0.2) is 9.97 Å². The lowest BCUT2D eigenvalue weighted by atomic mass is 9.90. The second-order valence-corrected chi connectivity index (χ2v) is 6.08. The minimum absolute atomic E-state index is 0.0509. The molecule has 128 valence electrons. The van der Waals surface area contributed by atoms with E-state index in [9.17, 15) is 10.1 Å². The summed E-state index contributed by atoms with van der Waals surface area (Å²) in [6.45, 7) is 3.18. The van der Waals surface area contributed by atoms with Crippen LogP contribution in [0.4, 0.5) is 11.5 Å². The second kappa shape index (κ2) is 6.20. The van der Waals surface area contributed by atoms with Crippen LogP contribution in [0.25, 0.3) is 0 Å². The van der Waals surface area contributed by atoms with E-state index >= 15 is 0 Å². The number of methoxy groups -OCH3 is 1. The highest BCUT2D eigenvalue weighted by molar-refractivity contribution is 5.47. The molecular weight excluding hydrogens is 310 g/mol. The Morgan fingerprint density at radius 1 is 1.33 bits per heavy atom. The van der Waals surface area contributed by atoms with Gasteiger partial charge in [-0.2, -0.15) is 0 Å². The molecule has 0 bridgehead atoms. The molecule has 0 aliphatic carbocycles. The van der Waals surface area contributed by atoms with Crippen LogP contribution >= 0.6 is 0 Å². The molecule has 8 nitrogen and oxygen atoms in total. The molecule has 1 fully saturated rings. The number of ether oxygens (including phenoxy) is 1. The summed E-state index contributed by atoms with van der Waals surface area (Å²) >= 11 is 0. The van der Waals surface area contributed by atoms with E-state index in [-0.39, 0.29) is 5.69 Å². The lowest BCUT2D eigenvalue weighted by Gasteiger charge is -2.40. The quantitative estimate of drug-likeness (QED) is 0.630. The highest BCUT2D eigenvalue weighted by Gasteiger charge is 2.39. The molecule has 0 aromatic carbocycles. The maximum atomic E-state index is 10.9. The van der Waals surface area contributed by atoms with Gasteiger partial charge in [0.15, 0.2) is 0 Å². The number of nitro groups is 1. The summed E-state index contributed by atoms with van der Waals surface area (Å²) in [5.74, 6) is 1.69. The lowest BCUT2D eigenvalue weighted by Crippen LogP contribution is -2.45. The molecule has 1 aliphatic heterocycles. The fourth-order valence-electron chi connectivity index (χ4n) is 3.33. The molecule has 0 atom stereocenters.